The van der Waals surface area contributed by atoms with E-state index in [0.717, 1.165) is 77.7 Å². The Balaban J connectivity index is 0.000000355. The lowest BCUT2D eigenvalue weighted by Crippen LogP contribution is -2.58. The smallest absolute Gasteiger partial charge is 0.475 e. The molecule has 6 rings (SSSR count). The van der Waals surface area contributed by atoms with Crippen molar-refractivity contribution in [2.45, 2.75) is 31.5 Å². The topological polar surface area (TPSA) is 85.8 Å². The summed E-state index contributed by atoms with van der Waals surface area (Å²) in [6, 6.07) is 8.79. The minimum absolute atomic E-state index is 0.130. The summed E-state index contributed by atoms with van der Waals surface area (Å²) in [7, 11) is 0. The largest absolute Gasteiger partial charge is 0.490 e. The highest BCUT2D eigenvalue weighted by Crippen LogP contribution is 2.44. The van der Waals surface area contributed by atoms with Crippen molar-refractivity contribution < 1.29 is 27.9 Å². The molecule has 0 unspecified atom stereocenters. The molecular formula is C25H24ClF3N4O3S. The van der Waals surface area contributed by atoms with Crippen LogP contribution in [0.15, 0.2) is 30.5 Å². The number of likely N-dealkylation sites (tertiary alicyclic amines) is 1. The molecule has 0 bridgehead atoms. The minimum atomic E-state index is -5.08. The summed E-state index contributed by atoms with van der Waals surface area (Å²) < 4.78 is 32.8. The van der Waals surface area contributed by atoms with E-state index in [9.17, 15) is 18.0 Å². The molecule has 0 atom stereocenters. The van der Waals surface area contributed by atoms with E-state index in [4.69, 9.17) is 21.5 Å². The predicted molar refractivity (Wildman–Crippen MR) is 137 cm³/mol. The van der Waals surface area contributed by atoms with Crippen molar-refractivity contribution in [2.24, 2.45) is 0 Å². The van der Waals surface area contributed by atoms with Crippen molar-refractivity contribution in [3.8, 4) is 11.1 Å². The van der Waals surface area contributed by atoms with Gasteiger partial charge in [0.05, 0.1) is 21.1 Å². The molecule has 2 saturated heterocycles. The molecule has 0 saturated carbocycles. The van der Waals surface area contributed by atoms with Gasteiger partial charge in [-0.25, -0.2) is 4.79 Å². The predicted octanol–water partition coefficient (Wildman–Crippen LogP) is 4.82. The number of carboxylic acid groups (broad SMARTS) is 1. The molecule has 2 fully saturated rings. The van der Waals surface area contributed by atoms with Gasteiger partial charge in [-0.05, 0) is 49.1 Å². The first-order valence-electron chi connectivity index (χ1n) is 11.9. The van der Waals surface area contributed by atoms with Gasteiger partial charge in [-0.3, -0.25) is 9.78 Å². The van der Waals surface area contributed by atoms with E-state index in [1.54, 1.807) is 11.3 Å². The molecule has 3 aromatic rings. The van der Waals surface area contributed by atoms with Crippen LogP contribution in [-0.4, -0.2) is 71.8 Å². The summed E-state index contributed by atoms with van der Waals surface area (Å²) in [6.07, 6.45) is 0.0771. The Kier molecular flexibility index (Phi) is 7.03. The van der Waals surface area contributed by atoms with Crippen molar-refractivity contribution in [1.82, 2.24) is 15.2 Å². The molecule has 0 radical (unpaired) electrons. The zero-order valence-corrected chi connectivity index (χ0v) is 21.2. The number of carboxylic acids is 1. The fourth-order valence-corrected chi connectivity index (χ4v) is 6.08. The lowest BCUT2D eigenvalue weighted by atomic mass is 9.92. The Morgan fingerprint density at radius 1 is 1.11 bits per heavy atom. The highest BCUT2D eigenvalue weighted by molar-refractivity contribution is 7.21. The maximum Gasteiger partial charge on any atom is 0.490 e. The average Bonchev–Trinajstić information content (AvgIpc) is 3.20. The fourth-order valence-electron chi connectivity index (χ4n) is 4.73. The average molecular weight is 553 g/mol. The number of hydrogen-bond acceptors (Lipinski definition) is 6. The summed E-state index contributed by atoms with van der Waals surface area (Å²) in [5.74, 6) is -2.63. The lowest BCUT2D eigenvalue weighted by Gasteiger charge is -2.44. The van der Waals surface area contributed by atoms with Crippen LogP contribution in [0, 0.1) is 0 Å². The van der Waals surface area contributed by atoms with Crippen LogP contribution in [0.2, 0.25) is 5.02 Å². The third-order valence-electron chi connectivity index (χ3n) is 6.79. The number of anilines is 1. The van der Waals surface area contributed by atoms with E-state index in [1.807, 2.05) is 17.2 Å². The number of amides is 1. The van der Waals surface area contributed by atoms with Crippen molar-refractivity contribution in [3.05, 3.63) is 45.9 Å². The number of aromatic nitrogens is 1. The molecule has 2 aromatic heterocycles. The first-order valence-corrected chi connectivity index (χ1v) is 13.1. The second-order valence-corrected chi connectivity index (χ2v) is 10.7. The van der Waals surface area contributed by atoms with Crippen LogP contribution < -0.4 is 10.2 Å². The zero-order valence-electron chi connectivity index (χ0n) is 19.6. The minimum Gasteiger partial charge on any atom is -0.475 e. The van der Waals surface area contributed by atoms with Gasteiger partial charge in [0.1, 0.15) is 0 Å². The Labute approximate surface area is 219 Å². The van der Waals surface area contributed by atoms with Crippen molar-refractivity contribution >= 4 is 50.7 Å². The number of nitrogens with one attached hydrogen (secondary N) is 1. The van der Waals surface area contributed by atoms with Crippen LogP contribution >= 0.6 is 22.9 Å². The van der Waals surface area contributed by atoms with Gasteiger partial charge in [0, 0.05) is 60.8 Å². The van der Waals surface area contributed by atoms with E-state index >= 15 is 0 Å². The molecule has 0 spiro atoms. The SMILES string of the molecule is O=C(O)C(F)(F)F.O=C(c1cc2nccc(-c3cc(Cl)cc4c3N(C3CNC3)CCC4)c2s1)N1CCC1. The molecule has 3 aliphatic heterocycles. The number of halogens is 4. The summed E-state index contributed by atoms with van der Waals surface area (Å²) in [6.45, 7) is 4.85. The molecule has 196 valence electrons. The van der Waals surface area contributed by atoms with E-state index in [-0.39, 0.29) is 5.91 Å². The second-order valence-electron chi connectivity index (χ2n) is 9.20. The number of rotatable bonds is 3. The van der Waals surface area contributed by atoms with Crippen molar-refractivity contribution in [2.75, 3.05) is 37.6 Å². The molecule has 5 heterocycles. The summed E-state index contributed by atoms with van der Waals surface area (Å²) in [4.78, 5) is 31.5. The molecule has 0 aliphatic carbocycles. The number of aliphatic carboxylic acids is 1. The first kappa shape index (κ1) is 25.7. The number of carbonyl (C=O) groups is 2. The molecule has 37 heavy (non-hydrogen) atoms. The fraction of sp³-hybridized carbons (Fsp3) is 0.400. The van der Waals surface area contributed by atoms with Crippen molar-refractivity contribution in [3.63, 3.8) is 0 Å². The monoisotopic (exact) mass is 552 g/mol. The molecule has 3 aliphatic rings. The quantitative estimate of drug-likeness (QED) is 0.484. The number of hydrogen-bond donors (Lipinski definition) is 2. The number of aryl methyl sites for hydroxylation is 1. The third-order valence-corrected chi connectivity index (χ3v) is 8.15. The van der Waals surface area contributed by atoms with Crippen LogP contribution in [0.5, 0.6) is 0 Å². The molecule has 1 aromatic carbocycles. The first-order chi connectivity index (χ1) is 17.6. The van der Waals surface area contributed by atoms with Crippen molar-refractivity contribution in [1.29, 1.82) is 0 Å². The number of fused-ring (bicyclic) bond motifs is 2. The molecule has 7 nitrogen and oxygen atoms in total. The van der Waals surface area contributed by atoms with E-state index in [2.05, 4.69) is 33.4 Å². The van der Waals surface area contributed by atoms with Gasteiger partial charge in [-0.15, -0.1) is 11.3 Å². The van der Waals surface area contributed by atoms with Gasteiger partial charge in [-0.1, -0.05) is 11.6 Å². The maximum atomic E-state index is 12.8. The summed E-state index contributed by atoms with van der Waals surface area (Å²) in [5, 5.41) is 11.3. The van der Waals surface area contributed by atoms with Gasteiger partial charge in [0.15, 0.2) is 0 Å². The van der Waals surface area contributed by atoms with E-state index in [1.165, 1.54) is 16.8 Å². The molecular weight excluding hydrogens is 529 g/mol. The molecule has 2 N–H and O–H groups in total. The van der Waals surface area contributed by atoms with Gasteiger partial charge in [0.25, 0.3) is 5.91 Å². The molecule has 1 amide bonds. The number of nitrogens with zero attached hydrogens (tertiary/aromatic N) is 3. The summed E-state index contributed by atoms with van der Waals surface area (Å²) >= 11 is 8.14. The number of benzene rings is 1. The van der Waals surface area contributed by atoms with Gasteiger partial charge < -0.3 is 20.2 Å². The Morgan fingerprint density at radius 3 is 2.43 bits per heavy atom. The Bertz CT molecular complexity index is 1350. The highest BCUT2D eigenvalue weighted by atomic mass is 35.5. The second kappa shape index (κ2) is 10.1. The Morgan fingerprint density at radius 2 is 1.84 bits per heavy atom. The van der Waals surface area contributed by atoms with Crippen LogP contribution in [0.4, 0.5) is 18.9 Å². The normalized spacial score (nSPS) is 17.4. The summed E-state index contributed by atoms with van der Waals surface area (Å²) in [5.41, 5.74) is 5.83. The molecule has 12 heteroatoms. The number of pyridine rings is 1. The van der Waals surface area contributed by atoms with Crippen LogP contribution in [-0.2, 0) is 11.2 Å². The van der Waals surface area contributed by atoms with Crippen LogP contribution in [0.3, 0.4) is 0 Å². The number of thiophene rings is 1. The van der Waals surface area contributed by atoms with Gasteiger partial charge in [0.2, 0.25) is 0 Å². The standard InChI is InChI=1S/C23H23ClN4OS.C2HF3O2/c24-15-9-14-3-1-8-28(16-12-25-13-16)21(14)18(10-15)17-4-5-26-19-11-20(30-22(17)19)23(29)27-6-2-7-27;3-2(4,5)1(6)7/h4-5,9-11,16,25H,1-3,6-8,12-13H2;(H,6,7). The third kappa shape index (κ3) is 5.12. The Hall–Kier alpha value is -2.89. The highest BCUT2D eigenvalue weighted by Gasteiger charge is 2.38. The number of alkyl halides is 3. The zero-order chi connectivity index (χ0) is 26.3. The van der Waals surface area contributed by atoms with Gasteiger partial charge >= 0.3 is 12.1 Å². The maximum absolute atomic E-state index is 12.8. The van der Waals surface area contributed by atoms with E-state index < -0.39 is 12.1 Å². The number of carbonyl (C=O) groups excluding carboxylic acids is 1. The van der Waals surface area contributed by atoms with Crippen LogP contribution in [0.1, 0.15) is 28.1 Å². The van der Waals surface area contributed by atoms with E-state index in [0.29, 0.717) is 6.04 Å². The lowest BCUT2D eigenvalue weighted by molar-refractivity contribution is -0.192. The van der Waals surface area contributed by atoms with Crippen LogP contribution in [0.25, 0.3) is 21.3 Å². The van der Waals surface area contributed by atoms with Gasteiger partial charge in [-0.2, -0.15) is 13.2 Å².